The molecule has 0 aromatic heterocycles. The second-order valence-corrected chi connectivity index (χ2v) is 4.52. The van der Waals surface area contributed by atoms with E-state index in [1.807, 2.05) is 0 Å². The van der Waals surface area contributed by atoms with Crippen LogP contribution in [-0.4, -0.2) is 17.0 Å². The van der Waals surface area contributed by atoms with E-state index < -0.39 is 18.0 Å². The molecule has 0 bridgehead atoms. The van der Waals surface area contributed by atoms with Gasteiger partial charge in [-0.05, 0) is 11.1 Å². The number of carboxylic acid groups (broad SMARTS) is 1. The van der Waals surface area contributed by atoms with Crippen LogP contribution in [-0.2, 0) is 16.1 Å². The lowest BCUT2D eigenvalue weighted by Crippen LogP contribution is -2.37. The number of ether oxygens (including phenoxy) is 1. The van der Waals surface area contributed by atoms with Crippen molar-refractivity contribution in [3.8, 4) is 0 Å². The van der Waals surface area contributed by atoms with Crippen molar-refractivity contribution in [2.45, 2.75) is 18.6 Å². The lowest BCUT2D eigenvalue weighted by atomic mass is 10.0. The molecule has 110 valence electrons. The molecule has 0 fully saturated rings. The van der Waals surface area contributed by atoms with E-state index in [2.05, 4.69) is 0 Å². The van der Waals surface area contributed by atoms with Crippen LogP contribution in [0, 0.1) is 0 Å². The molecule has 2 aromatic carbocycles. The maximum atomic E-state index is 13.9. The highest BCUT2D eigenvalue weighted by Gasteiger charge is 2.49. The molecule has 2 aromatic rings. The standard InChI is InChI=1S/C16H14F2O3/c17-16(18,15(19)20)14(13-9-5-2-6-10-13)21-11-12-7-3-1-4-8-12/h1-10,14H,11H2,(H,19,20). The van der Waals surface area contributed by atoms with Crippen LogP contribution in [0.5, 0.6) is 0 Å². The largest absolute Gasteiger partial charge is 0.477 e. The molecule has 5 heteroatoms. The summed E-state index contributed by atoms with van der Waals surface area (Å²) < 4.78 is 33.0. The summed E-state index contributed by atoms with van der Waals surface area (Å²) >= 11 is 0. The molecule has 1 unspecified atom stereocenters. The van der Waals surface area contributed by atoms with Gasteiger partial charge in [-0.2, -0.15) is 8.78 Å². The molecular weight excluding hydrogens is 278 g/mol. The van der Waals surface area contributed by atoms with Gasteiger partial charge in [0.1, 0.15) is 0 Å². The zero-order valence-electron chi connectivity index (χ0n) is 11.1. The monoisotopic (exact) mass is 292 g/mol. The number of benzene rings is 2. The predicted molar refractivity (Wildman–Crippen MR) is 73.0 cm³/mol. The first-order valence-electron chi connectivity index (χ1n) is 6.33. The molecule has 1 atom stereocenters. The number of alkyl halides is 2. The van der Waals surface area contributed by atoms with Crippen LogP contribution in [0.2, 0.25) is 0 Å². The van der Waals surface area contributed by atoms with Gasteiger partial charge in [0.2, 0.25) is 0 Å². The Balaban J connectivity index is 2.23. The molecule has 1 N–H and O–H groups in total. The number of hydrogen-bond donors (Lipinski definition) is 1. The van der Waals surface area contributed by atoms with Gasteiger partial charge in [-0.3, -0.25) is 0 Å². The molecule has 0 aliphatic rings. The van der Waals surface area contributed by atoms with Gasteiger partial charge in [-0.1, -0.05) is 60.7 Å². The summed E-state index contributed by atoms with van der Waals surface area (Å²) in [6, 6.07) is 16.4. The molecule has 3 nitrogen and oxygen atoms in total. The summed E-state index contributed by atoms with van der Waals surface area (Å²) in [5.74, 6) is -6.21. The topological polar surface area (TPSA) is 46.5 Å². The zero-order valence-corrected chi connectivity index (χ0v) is 11.1. The van der Waals surface area contributed by atoms with Gasteiger partial charge in [0.25, 0.3) is 0 Å². The molecule has 2 rings (SSSR count). The van der Waals surface area contributed by atoms with E-state index in [9.17, 15) is 13.6 Å². The van der Waals surface area contributed by atoms with Crippen molar-refractivity contribution in [3.05, 3.63) is 71.8 Å². The van der Waals surface area contributed by atoms with Crippen LogP contribution in [0.25, 0.3) is 0 Å². The second kappa shape index (κ2) is 6.45. The Morgan fingerprint density at radius 1 is 1.05 bits per heavy atom. The Morgan fingerprint density at radius 3 is 2.10 bits per heavy atom. The molecule has 0 amide bonds. The number of carbonyl (C=O) groups is 1. The van der Waals surface area contributed by atoms with Crippen molar-refractivity contribution in [1.29, 1.82) is 0 Å². The Morgan fingerprint density at radius 2 is 1.57 bits per heavy atom. The Kier molecular flexibility index (Phi) is 4.65. The van der Waals surface area contributed by atoms with Crippen LogP contribution in [0.15, 0.2) is 60.7 Å². The van der Waals surface area contributed by atoms with Gasteiger partial charge >= 0.3 is 11.9 Å². The maximum Gasteiger partial charge on any atom is 0.377 e. The van der Waals surface area contributed by atoms with E-state index in [1.54, 1.807) is 48.5 Å². The molecule has 0 spiro atoms. The molecule has 0 saturated carbocycles. The van der Waals surface area contributed by atoms with Crippen LogP contribution >= 0.6 is 0 Å². The number of rotatable bonds is 6. The van der Waals surface area contributed by atoms with Crippen molar-refractivity contribution in [2.24, 2.45) is 0 Å². The van der Waals surface area contributed by atoms with E-state index >= 15 is 0 Å². The smallest absolute Gasteiger partial charge is 0.377 e. The third-order valence-corrected chi connectivity index (χ3v) is 2.98. The SMILES string of the molecule is O=C(O)C(F)(F)C(OCc1ccccc1)c1ccccc1. The van der Waals surface area contributed by atoms with Gasteiger partial charge < -0.3 is 9.84 Å². The average Bonchev–Trinajstić information content (AvgIpc) is 2.49. The van der Waals surface area contributed by atoms with Gasteiger partial charge in [0.15, 0.2) is 6.10 Å². The minimum absolute atomic E-state index is 0.0940. The Bertz CT molecular complexity index is 585. The first-order chi connectivity index (χ1) is 10.0. The van der Waals surface area contributed by atoms with Crippen LogP contribution in [0.1, 0.15) is 17.2 Å². The molecule has 0 radical (unpaired) electrons. The van der Waals surface area contributed by atoms with Crippen LogP contribution < -0.4 is 0 Å². The highest BCUT2D eigenvalue weighted by atomic mass is 19.3. The van der Waals surface area contributed by atoms with Crippen molar-refractivity contribution in [1.82, 2.24) is 0 Å². The maximum absolute atomic E-state index is 13.9. The lowest BCUT2D eigenvalue weighted by molar-refractivity contribution is -0.192. The van der Waals surface area contributed by atoms with Gasteiger partial charge in [0.05, 0.1) is 6.61 Å². The highest BCUT2D eigenvalue weighted by molar-refractivity contribution is 5.76. The number of halogens is 2. The third kappa shape index (κ3) is 3.64. The molecule has 21 heavy (non-hydrogen) atoms. The fraction of sp³-hybridized carbons (Fsp3) is 0.188. The highest BCUT2D eigenvalue weighted by Crippen LogP contribution is 2.35. The minimum Gasteiger partial charge on any atom is -0.477 e. The van der Waals surface area contributed by atoms with Crippen molar-refractivity contribution >= 4 is 5.97 Å². The van der Waals surface area contributed by atoms with E-state index in [4.69, 9.17) is 9.84 Å². The molecule has 0 heterocycles. The summed E-state index contributed by atoms with van der Waals surface area (Å²) in [5, 5.41) is 8.74. The fourth-order valence-electron chi connectivity index (χ4n) is 1.90. The van der Waals surface area contributed by atoms with Crippen LogP contribution in [0.4, 0.5) is 8.78 Å². The molecular formula is C16H14F2O3. The summed E-state index contributed by atoms with van der Waals surface area (Å²) in [6.07, 6.45) is -1.84. The molecule has 0 aliphatic heterocycles. The Labute approximate surface area is 120 Å². The number of carboxylic acids is 1. The zero-order chi connectivity index (χ0) is 15.3. The van der Waals surface area contributed by atoms with Gasteiger partial charge in [-0.25, -0.2) is 4.79 Å². The Hall–Kier alpha value is -2.27. The average molecular weight is 292 g/mol. The van der Waals surface area contributed by atoms with E-state index in [0.717, 1.165) is 0 Å². The van der Waals surface area contributed by atoms with Crippen LogP contribution in [0.3, 0.4) is 0 Å². The fourth-order valence-corrected chi connectivity index (χ4v) is 1.90. The summed E-state index contributed by atoms with van der Waals surface area (Å²) in [4.78, 5) is 10.8. The van der Waals surface area contributed by atoms with Gasteiger partial charge in [-0.15, -0.1) is 0 Å². The lowest BCUT2D eigenvalue weighted by Gasteiger charge is -2.24. The van der Waals surface area contributed by atoms with Crippen molar-refractivity contribution in [2.75, 3.05) is 0 Å². The van der Waals surface area contributed by atoms with E-state index in [1.165, 1.54) is 12.1 Å². The summed E-state index contributed by atoms with van der Waals surface area (Å²) in [6.45, 7) is -0.0940. The number of aliphatic carboxylic acids is 1. The summed E-state index contributed by atoms with van der Waals surface area (Å²) in [5.41, 5.74) is 0.820. The van der Waals surface area contributed by atoms with E-state index in [-0.39, 0.29) is 12.2 Å². The molecule has 0 saturated heterocycles. The van der Waals surface area contributed by atoms with Crippen molar-refractivity contribution in [3.63, 3.8) is 0 Å². The predicted octanol–water partition coefficient (Wildman–Crippen LogP) is 3.66. The first kappa shape index (κ1) is 15.1. The quantitative estimate of drug-likeness (QED) is 0.883. The second-order valence-electron chi connectivity index (χ2n) is 4.52. The third-order valence-electron chi connectivity index (χ3n) is 2.98. The molecule has 0 aliphatic carbocycles. The van der Waals surface area contributed by atoms with E-state index in [0.29, 0.717) is 5.56 Å². The normalized spacial score (nSPS) is 12.9. The number of hydrogen-bond acceptors (Lipinski definition) is 2. The minimum atomic E-state index is -4.00. The summed E-state index contributed by atoms with van der Waals surface area (Å²) in [7, 11) is 0. The first-order valence-corrected chi connectivity index (χ1v) is 6.33. The van der Waals surface area contributed by atoms with Gasteiger partial charge in [0, 0.05) is 0 Å². The van der Waals surface area contributed by atoms with Crippen molar-refractivity contribution < 1.29 is 23.4 Å².